The molecule has 1 fully saturated rings. The van der Waals surface area contributed by atoms with Crippen molar-refractivity contribution in [2.24, 2.45) is 4.99 Å². The molecule has 0 spiro atoms. The molecular weight excluding hydrogens is 370 g/mol. The number of hydrogen-bond donors (Lipinski definition) is 1. The SMILES string of the molecule is CCN1C(=O)C(CC(=O)Nc2ccccc2)SC1=Nc1c(C)cc(C)cc1C. The van der Waals surface area contributed by atoms with Gasteiger partial charge >= 0.3 is 0 Å². The Kier molecular flexibility index (Phi) is 6.19. The van der Waals surface area contributed by atoms with Crippen LogP contribution >= 0.6 is 11.8 Å². The summed E-state index contributed by atoms with van der Waals surface area (Å²) in [6.07, 6.45) is 0.125. The molecular formula is C22H25N3O2S. The lowest BCUT2D eigenvalue weighted by Gasteiger charge is -2.14. The Balaban J connectivity index is 1.78. The molecule has 5 nitrogen and oxygen atoms in total. The summed E-state index contributed by atoms with van der Waals surface area (Å²) in [5.74, 6) is -0.228. The number of nitrogens with one attached hydrogen (secondary N) is 1. The average Bonchev–Trinajstić information content (AvgIpc) is 2.93. The molecule has 2 aromatic rings. The summed E-state index contributed by atoms with van der Waals surface area (Å²) in [7, 11) is 0. The second-order valence-electron chi connectivity index (χ2n) is 6.95. The molecule has 28 heavy (non-hydrogen) atoms. The predicted octanol–water partition coefficient (Wildman–Crippen LogP) is 4.59. The number of amides is 2. The van der Waals surface area contributed by atoms with Gasteiger partial charge in [-0.3, -0.25) is 14.5 Å². The molecule has 0 bridgehead atoms. The predicted molar refractivity (Wildman–Crippen MR) is 116 cm³/mol. The fourth-order valence-electron chi connectivity index (χ4n) is 3.36. The second-order valence-corrected chi connectivity index (χ2v) is 8.12. The first-order chi connectivity index (χ1) is 13.4. The van der Waals surface area contributed by atoms with Gasteiger partial charge in [0.2, 0.25) is 11.8 Å². The monoisotopic (exact) mass is 395 g/mol. The van der Waals surface area contributed by atoms with Gasteiger partial charge in [0.05, 0.1) is 5.69 Å². The standard InChI is InChI=1S/C22H25N3O2S/c1-5-25-21(27)18(13-19(26)23-17-9-7-6-8-10-17)28-22(25)24-20-15(3)11-14(2)12-16(20)4/h6-12,18H,5,13H2,1-4H3,(H,23,26). The van der Waals surface area contributed by atoms with Crippen LogP contribution < -0.4 is 5.32 Å². The molecule has 3 rings (SSSR count). The Morgan fingerprint density at radius 2 is 1.79 bits per heavy atom. The molecule has 2 amide bonds. The molecule has 0 aromatic heterocycles. The first-order valence-corrected chi connectivity index (χ1v) is 10.3. The minimum absolute atomic E-state index is 0.0584. The van der Waals surface area contributed by atoms with E-state index < -0.39 is 5.25 Å². The van der Waals surface area contributed by atoms with Gasteiger partial charge < -0.3 is 5.32 Å². The highest BCUT2D eigenvalue weighted by molar-refractivity contribution is 8.15. The van der Waals surface area contributed by atoms with Crippen LogP contribution in [0.4, 0.5) is 11.4 Å². The van der Waals surface area contributed by atoms with E-state index in [-0.39, 0.29) is 18.2 Å². The smallest absolute Gasteiger partial charge is 0.242 e. The first-order valence-electron chi connectivity index (χ1n) is 9.38. The number of amidine groups is 1. The minimum Gasteiger partial charge on any atom is -0.326 e. The number of aryl methyl sites for hydroxylation is 3. The Morgan fingerprint density at radius 1 is 1.14 bits per heavy atom. The normalized spacial score (nSPS) is 18.0. The minimum atomic E-state index is -0.450. The van der Waals surface area contributed by atoms with Gasteiger partial charge in [-0.25, -0.2) is 4.99 Å². The first kappa shape index (κ1) is 20.1. The van der Waals surface area contributed by atoms with Crippen molar-refractivity contribution in [3.63, 3.8) is 0 Å². The third kappa shape index (κ3) is 4.44. The Bertz CT molecular complexity index is 902. The maximum absolute atomic E-state index is 12.8. The van der Waals surface area contributed by atoms with E-state index in [1.54, 1.807) is 4.90 Å². The molecule has 1 N–H and O–H groups in total. The number of para-hydroxylation sites is 1. The highest BCUT2D eigenvalue weighted by Gasteiger charge is 2.38. The lowest BCUT2D eigenvalue weighted by Crippen LogP contribution is -2.33. The Labute approximate surface area is 170 Å². The molecule has 1 aliphatic heterocycles. The van der Waals surface area contributed by atoms with Crippen LogP contribution in [0.5, 0.6) is 0 Å². The molecule has 1 atom stereocenters. The zero-order chi connectivity index (χ0) is 20.3. The van der Waals surface area contributed by atoms with Crippen molar-refractivity contribution in [3.05, 3.63) is 59.2 Å². The van der Waals surface area contributed by atoms with E-state index in [4.69, 9.17) is 4.99 Å². The molecule has 1 aliphatic rings. The molecule has 146 valence electrons. The Hall–Kier alpha value is -2.60. The Morgan fingerprint density at radius 3 is 2.39 bits per heavy atom. The van der Waals surface area contributed by atoms with E-state index >= 15 is 0 Å². The summed E-state index contributed by atoms with van der Waals surface area (Å²) in [6.45, 7) is 8.58. The maximum Gasteiger partial charge on any atom is 0.242 e. The van der Waals surface area contributed by atoms with Crippen molar-refractivity contribution in [2.75, 3.05) is 11.9 Å². The van der Waals surface area contributed by atoms with Crippen LogP contribution in [-0.4, -0.2) is 33.7 Å². The maximum atomic E-state index is 12.8. The van der Waals surface area contributed by atoms with Crippen molar-refractivity contribution >= 4 is 40.1 Å². The van der Waals surface area contributed by atoms with Crippen molar-refractivity contribution in [3.8, 4) is 0 Å². The number of rotatable bonds is 5. The number of hydrogen-bond acceptors (Lipinski definition) is 4. The highest BCUT2D eigenvalue weighted by atomic mass is 32.2. The van der Waals surface area contributed by atoms with E-state index in [9.17, 15) is 9.59 Å². The van der Waals surface area contributed by atoms with E-state index in [2.05, 4.69) is 24.4 Å². The van der Waals surface area contributed by atoms with Crippen molar-refractivity contribution < 1.29 is 9.59 Å². The van der Waals surface area contributed by atoms with Crippen molar-refractivity contribution in [1.29, 1.82) is 0 Å². The molecule has 6 heteroatoms. The van der Waals surface area contributed by atoms with Crippen LogP contribution in [0.15, 0.2) is 47.5 Å². The van der Waals surface area contributed by atoms with Crippen molar-refractivity contribution in [1.82, 2.24) is 4.90 Å². The van der Waals surface area contributed by atoms with Crippen LogP contribution in [0.2, 0.25) is 0 Å². The largest absolute Gasteiger partial charge is 0.326 e. The quantitative estimate of drug-likeness (QED) is 0.805. The van der Waals surface area contributed by atoms with Gasteiger partial charge in [0, 0.05) is 18.7 Å². The third-order valence-corrected chi connectivity index (χ3v) is 5.78. The lowest BCUT2D eigenvalue weighted by atomic mass is 10.1. The fraction of sp³-hybridized carbons (Fsp3) is 0.318. The zero-order valence-electron chi connectivity index (χ0n) is 16.7. The number of anilines is 1. The zero-order valence-corrected chi connectivity index (χ0v) is 17.5. The fourth-order valence-corrected chi connectivity index (χ4v) is 4.57. The van der Waals surface area contributed by atoms with Gasteiger partial charge in [-0.1, -0.05) is 47.7 Å². The summed E-state index contributed by atoms with van der Waals surface area (Å²) in [5, 5.41) is 3.06. The van der Waals surface area contributed by atoms with Crippen LogP contribution in [0.3, 0.4) is 0 Å². The summed E-state index contributed by atoms with van der Waals surface area (Å²) in [5.41, 5.74) is 4.99. The van der Waals surface area contributed by atoms with Gasteiger partial charge in [0.15, 0.2) is 5.17 Å². The topological polar surface area (TPSA) is 61.8 Å². The molecule has 1 saturated heterocycles. The molecule has 0 saturated carbocycles. The lowest BCUT2D eigenvalue weighted by molar-refractivity contribution is -0.128. The number of benzene rings is 2. The van der Waals surface area contributed by atoms with Crippen molar-refractivity contribution in [2.45, 2.75) is 39.4 Å². The van der Waals surface area contributed by atoms with Crippen LogP contribution in [0.25, 0.3) is 0 Å². The summed E-state index contributed by atoms with van der Waals surface area (Å²) >= 11 is 1.37. The van der Waals surface area contributed by atoms with E-state index in [0.717, 1.165) is 22.5 Å². The van der Waals surface area contributed by atoms with Crippen LogP contribution in [0, 0.1) is 20.8 Å². The molecule has 0 aliphatic carbocycles. The molecule has 2 aromatic carbocycles. The number of thioether (sulfide) groups is 1. The van der Waals surface area contributed by atoms with Gasteiger partial charge in [0.1, 0.15) is 5.25 Å². The summed E-state index contributed by atoms with van der Waals surface area (Å²) < 4.78 is 0. The number of carbonyl (C=O) groups excluding carboxylic acids is 2. The molecule has 1 heterocycles. The number of carbonyl (C=O) groups is 2. The van der Waals surface area contributed by atoms with E-state index in [1.165, 1.54) is 17.3 Å². The van der Waals surface area contributed by atoms with Gasteiger partial charge in [-0.15, -0.1) is 0 Å². The summed E-state index contributed by atoms with van der Waals surface area (Å²) in [6, 6.07) is 13.5. The van der Waals surface area contributed by atoms with E-state index in [0.29, 0.717) is 11.7 Å². The van der Waals surface area contributed by atoms with Gasteiger partial charge in [0.25, 0.3) is 0 Å². The molecule has 1 unspecified atom stereocenters. The highest BCUT2D eigenvalue weighted by Crippen LogP contribution is 2.34. The van der Waals surface area contributed by atoms with Gasteiger partial charge in [-0.05, 0) is 51.0 Å². The van der Waals surface area contributed by atoms with Gasteiger partial charge in [-0.2, -0.15) is 0 Å². The number of nitrogens with zero attached hydrogens (tertiary/aromatic N) is 2. The third-order valence-electron chi connectivity index (χ3n) is 4.61. The number of aliphatic imine (C=N–C) groups is 1. The molecule has 0 radical (unpaired) electrons. The summed E-state index contributed by atoms with van der Waals surface area (Å²) in [4.78, 5) is 31.6. The average molecular weight is 396 g/mol. The van der Waals surface area contributed by atoms with E-state index in [1.807, 2.05) is 51.1 Å². The van der Waals surface area contributed by atoms with Crippen LogP contribution in [-0.2, 0) is 9.59 Å². The second kappa shape index (κ2) is 8.61. The van der Waals surface area contributed by atoms with Crippen LogP contribution in [0.1, 0.15) is 30.0 Å².